The van der Waals surface area contributed by atoms with Gasteiger partial charge >= 0.3 is 0 Å². The maximum atomic E-state index is 12.6. The van der Waals surface area contributed by atoms with Gasteiger partial charge in [-0.2, -0.15) is 4.31 Å². The highest BCUT2D eigenvalue weighted by Gasteiger charge is 2.29. The first-order chi connectivity index (χ1) is 13.0. The Morgan fingerprint density at radius 3 is 2.41 bits per heavy atom. The largest absolute Gasteiger partial charge is 0.507 e. The molecular formula is C19H19ClN2O3S2. The van der Waals surface area contributed by atoms with Gasteiger partial charge in [0.15, 0.2) is 0 Å². The van der Waals surface area contributed by atoms with Gasteiger partial charge in [0.2, 0.25) is 0 Å². The number of rotatable bonds is 4. The highest BCUT2D eigenvalue weighted by molar-refractivity contribution is 7.91. The lowest BCUT2D eigenvalue weighted by molar-refractivity contribution is 0.180. The molecule has 0 unspecified atom stereocenters. The van der Waals surface area contributed by atoms with E-state index in [1.165, 1.54) is 15.6 Å². The highest BCUT2D eigenvalue weighted by atomic mass is 35.5. The molecule has 142 valence electrons. The summed E-state index contributed by atoms with van der Waals surface area (Å²) in [5.74, 6) is 0.239. The van der Waals surface area contributed by atoms with Gasteiger partial charge in [0.1, 0.15) is 9.96 Å². The number of fused-ring (bicyclic) bond motifs is 1. The molecule has 0 bridgehead atoms. The molecule has 1 saturated heterocycles. The van der Waals surface area contributed by atoms with Crippen LogP contribution in [0, 0.1) is 0 Å². The smallest absolute Gasteiger partial charge is 0.252 e. The van der Waals surface area contributed by atoms with Gasteiger partial charge in [-0.3, -0.25) is 4.90 Å². The zero-order valence-electron chi connectivity index (χ0n) is 14.5. The third-order valence-electron chi connectivity index (χ3n) is 4.86. The average molecular weight is 423 g/mol. The Hall–Kier alpha value is -1.64. The molecular weight excluding hydrogens is 404 g/mol. The number of hydrogen-bond donors (Lipinski definition) is 1. The average Bonchev–Trinajstić information content (AvgIpc) is 3.22. The van der Waals surface area contributed by atoms with Crippen molar-refractivity contribution in [2.24, 2.45) is 0 Å². The van der Waals surface area contributed by atoms with Crippen molar-refractivity contribution in [1.82, 2.24) is 9.21 Å². The van der Waals surface area contributed by atoms with Gasteiger partial charge in [-0.15, -0.1) is 11.3 Å². The van der Waals surface area contributed by atoms with Gasteiger partial charge < -0.3 is 5.11 Å². The van der Waals surface area contributed by atoms with Crippen LogP contribution in [-0.2, 0) is 16.6 Å². The minimum atomic E-state index is -3.40. The van der Waals surface area contributed by atoms with Crippen molar-refractivity contribution >= 4 is 43.7 Å². The van der Waals surface area contributed by atoms with Crippen LogP contribution in [0.5, 0.6) is 5.75 Å². The van der Waals surface area contributed by atoms with Crippen molar-refractivity contribution in [3.05, 3.63) is 58.4 Å². The predicted octanol–water partition coefficient (Wildman–Crippen LogP) is 3.77. The number of phenols is 1. The number of sulfonamides is 1. The molecule has 3 aromatic rings. The van der Waals surface area contributed by atoms with Crippen LogP contribution in [0.25, 0.3) is 10.8 Å². The van der Waals surface area contributed by atoms with E-state index in [2.05, 4.69) is 4.90 Å². The van der Waals surface area contributed by atoms with Crippen molar-refractivity contribution in [1.29, 1.82) is 0 Å². The summed E-state index contributed by atoms with van der Waals surface area (Å²) in [4.78, 5) is 2.14. The summed E-state index contributed by atoms with van der Waals surface area (Å²) >= 11 is 7.62. The molecule has 4 rings (SSSR count). The lowest BCUT2D eigenvalue weighted by atomic mass is 10.0. The van der Waals surface area contributed by atoms with Crippen LogP contribution < -0.4 is 0 Å². The zero-order chi connectivity index (χ0) is 19.0. The summed E-state index contributed by atoms with van der Waals surface area (Å²) in [6.07, 6.45) is 0. The van der Waals surface area contributed by atoms with Gasteiger partial charge in [-0.05, 0) is 17.5 Å². The maximum Gasteiger partial charge on any atom is 0.252 e. The van der Waals surface area contributed by atoms with Crippen LogP contribution in [0.2, 0.25) is 5.02 Å². The Morgan fingerprint density at radius 1 is 1.04 bits per heavy atom. The summed E-state index contributed by atoms with van der Waals surface area (Å²) in [6, 6.07) is 12.7. The lowest BCUT2D eigenvalue weighted by Crippen LogP contribution is -2.48. The molecule has 0 atom stereocenters. The first-order valence-electron chi connectivity index (χ1n) is 8.62. The quantitative estimate of drug-likeness (QED) is 0.695. The van der Waals surface area contributed by atoms with Crippen molar-refractivity contribution in [2.75, 3.05) is 26.2 Å². The van der Waals surface area contributed by atoms with E-state index in [1.54, 1.807) is 23.6 Å². The summed E-state index contributed by atoms with van der Waals surface area (Å²) < 4.78 is 27.2. The van der Waals surface area contributed by atoms with E-state index in [-0.39, 0.29) is 5.75 Å². The van der Waals surface area contributed by atoms with E-state index in [1.807, 2.05) is 24.3 Å². The molecule has 0 radical (unpaired) electrons. The van der Waals surface area contributed by atoms with E-state index < -0.39 is 10.0 Å². The number of aromatic hydroxyl groups is 1. The molecule has 0 aliphatic carbocycles. The van der Waals surface area contributed by atoms with Crippen molar-refractivity contribution < 1.29 is 13.5 Å². The van der Waals surface area contributed by atoms with E-state index >= 15 is 0 Å². The van der Waals surface area contributed by atoms with Crippen LogP contribution in [0.1, 0.15) is 5.56 Å². The topological polar surface area (TPSA) is 60.9 Å². The maximum absolute atomic E-state index is 12.6. The third-order valence-corrected chi connectivity index (χ3v) is 8.44. The van der Waals surface area contributed by atoms with Crippen LogP contribution >= 0.6 is 22.9 Å². The first-order valence-corrected chi connectivity index (χ1v) is 11.3. The molecule has 1 fully saturated rings. The molecule has 1 N–H and O–H groups in total. The lowest BCUT2D eigenvalue weighted by Gasteiger charge is -2.33. The standard InChI is InChI=1S/C19H19ClN2O3S2/c20-17-12-14(19(23)16-5-2-1-4-15(16)17)13-21-7-9-22(10-8-21)27(24,25)18-6-3-11-26-18/h1-6,11-12,23H,7-10,13H2. The number of piperazine rings is 1. The number of halogens is 1. The molecule has 1 aliphatic rings. The van der Waals surface area contributed by atoms with Crippen molar-refractivity contribution in [2.45, 2.75) is 10.8 Å². The molecule has 0 spiro atoms. The Bertz CT molecular complexity index is 1060. The Morgan fingerprint density at radius 2 is 1.74 bits per heavy atom. The summed E-state index contributed by atoms with van der Waals surface area (Å²) in [5.41, 5.74) is 0.758. The summed E-state index contributed by atoms with van der Waals surface area (Å²) in [6.45, 7) is 2.61. The van der Waals surface area contributed by atoms with Gasteiger partial charge in [0.05, 0.1) is 0 Å². The number of hydrogen-bond acceptors (Lipinski definition) is 5. The molecule has 8 heteroatoms. The summed E-state index contributed by atoms with van der Waals surface area (Å²) in [7, 11) is -3.40. The van der Waals surface area contributed by atoms with E-state index in [0.29, 0.717) is 42.0 Å². The molecule has 0 amide bonds. The van der Waals surface area contributed by atoms with Crippen LogP contribution in [0.4, 0.5) is 0 Å². The Kier molecular flexibility index (Phi) is 5.13. The fourth-order valence-electron chi connectivity index (χ4n) is 3.40. The van der Waals surface area contributed by atoms with Crippen molar-refractivity contribution in [3.63, 3.8) is 0 Å². The third kappa shape index (κ3) is 3.58. The second-order valence-corrected chi connectivity index (χ2v) is 10.0. The number of phenolic OH excluding ortho intramolecular Hbond substituents is 1. The minimum absolute atomic E-state index is 0.239. The van der Waals surface area contributed by atoms with Gasteiger partial charge in [-0.1, -0.05) is 41.9 Å². The number of benzene rings is 2. The van der Waals surface area contributed by atoms with Crippen LogP contribution in [0.3, 0.4) is 0 Å². The fraction of sp³-hybridized carbons (Fsp3) is 0.263. The molecule has 2 aromatic carbocycles. The molecule has 27 heavy (non-hydrogen) atoms. The predicted molar refractivity (Wildman–Crippen MR) is 109 cm³/mol. The van der Waals surface area contributed by atoms with Crippen molar-refractivity contribution in [3.8, 4) is 5.75 Å². The molecule has 1 aliphatic heterocycles. The Labute approximate surface area is 167 Å². The monoisotopic (exact) mass is 422 g/mol. The minimum Gasteiger partial charge on any atom is -0.507 e. The molecule has 0 saturated carbocycles. The first kappa shape index (κ1) is 18.7. The normalized spacial score (nSPS) is 16.8. The molecule has 2 heterocycles. The van der Waals surface area contributed by atoms with Crippen LogP contribution in [0.15, 0.2) is 52.1 Å². The van der Waals surface area contributed by atoms with Gasteiger partial charge in [-0.25, -0.2) is 8.42 Å². The van der Waals surface area contributed by atoms with Gasteiger partial charge in [0, 0.05) is 54.1 Å². The Balaban J connectivity index is 1.49. The SMILES string of the molecule is O=S(=O)(c1cccs1)N1CCN(Cc2cc(Cl)c3ccccc3c2O)CC1. The zero-order valence-corrected chi connectivity index (χ0v) is 16.9. The number of nitrogens with zero attached hydrogens (tertiary/aromatic N) is 2. The van der Waals surface area contributed by atoms with E-state index in [4.69, 9.17) is 11.6 Å². The fourth-order valence-corrected chi connectivity index (χ4v) is 6.26. The summed E-state index contributed by atoms with van der Waals surface area (Å²) in [5, 5.41) is 14.6. The molecule has 1 aromatic heterocycles. The van der Waals surface area contributed by atoms with Gasteiger partial charge in [0.25, 0.3) is 10.0 Å². The van der Waals surface area contributed by atoms with E-state index in [9.17, 15) is 13.5 Å². The van der Waals surface area contributed by atoms with Crippen LogP contribution in [-0.4, -0.2) is 48.9 Å². The second kappa shape index (κ2) is 7.41. The molecule has 5 nitrogen and oxygen atoms in total. The highest BCUT2D eigenvalue weighted by Crippen LogP contribution is 2.35. The number of thiophene rings is 1. The van der Waals surface area contributed by atoms with E-state index in [0.717, 1.165) is 16.3 Å². The second-order valence-electron chi connectivity index (χ2n) is 6.52.